The SMILES string of the molecule is CCCN1C(=O)CCCC(C(=O)O)C1c1cncc(Br)c1. The average Bonchev–Trinajstić information content (AvgIpc) is 2.59. The van der Waals surface area contributed by atoms with E-state index in [1.807, 2.05) is 13.0 Å². The van der Waals surface area contributed by atoms with Gasteiger partial charge in [-0.3, -0.25) is 14.6 Å². The lowest BCUT2D eigenvalue weighted by molar-refractivity contribution is -0.146. The molecule has 0 radical (unpaired) electrons. The highest BCUT2D eigenvalue weighted by Gasteiger charge is 2.38. The smallest absolute Gasteiger partial charge is 0.308 e. The van der Waals surface area contributed by atoms with E-state index in [2.05, 4.69) is 20.9 Å². The number of hydrogen-bond donors (Lipinski definition) is 1. The van der Waals surface area contributed by atoms with Crippen molar-refractivity contribution in [3.63, 3.8) is 0 Å². The van der Waals surface area contributed by atoms with Crippen molar-refractivity contribution in [1.29, 1.82) is 0 Å². The van der Waals surface area contributed by atoms with Gasteiger partial charge in [0.2, 0.25) is 5.91 Å². The summed E-state index contributed by atoms with van der Waals surface area (Å²) in [6.07, 6.45) is 5.67. The first kappa shape index (κ1) is 15.9. The van der Waals surface area contributed by atoms with Gasteiger partial charge in [-0.15, -0.1) is 0 Å². The molecule has 1 aromatic rings. The molecule has 0 aromatic carbocycles. The zero-order chi connectivity index (χ0) is 15.4. The van der Waals surface area contributed by atoms with Gasteiger partial charge in [-0.2, -0.15) is 0 Å². The highest BCUT2D eigenvalue weighted by Crippen LogP contribution is 2.36. The maximum absolute atomic E-state index is 12.3. The molecule has 6 heteroatoms. The van der Waals surface area contributed by atoms with E-state index in [1.165, 1.54) is 0 Å². The number of aliphatic carboxylic acids is 1. The van der Waals surface area contributed by atoms with E-state index in [4.69, 9.17) is 0 Å². The summed E-state index contributed by atoms with van der Waals surface area (Å²) in [6.45, 7) is 2.56. The third-order valence-corrected chi connectivity index (χ3v) is 4.23. The van der Waals surface area contributed by atoms with E-state index in [0.717, 1.165) is 16.5 Å². The van der Waals surface area contributed by atoms with Gasteiger partial charge in [-0.05, 0) is 46.8 Å². The van der Waals surface area contributed by atoms with Crippen LogP contribution in [0.25, 0.3) is 0 Å². The van der Waals surface area contributed by atoms with Gasteiger partial charge in [0.15, 0.2) is 0 Å². The van der Waals surface area contributed by atoms with Crippen LogP contribution in [0, 0.1) is 5.92 Å². The molecule has 0 aliphatic carbocycles. The van der Waals surface area contributed by atoms with Crippen LogP contribution in [0.2, 0.25) is 0 Å². The van der Waals surface area contributed by atoms with Gasteiger partial charge in [0.05, 0.1) is 12.0 Å². The normalized spacial score (nSPS) is 23.0. The largest absolute Gasteiger partial charge is 0.481 e. The number of carboxylic acids is 1. The molecule has 114 valence electrons. The Hall–Kier alpha value is -1.43. The van der Waals surface area contributed by atoms with Crippen molar-refractivity contribution >= 4 is 27.8 Å². The molecule has 2 heterocycles. The number of aromatic nitrogens is 1. The minimum absolute atomic E-state index is 0.0329. The number of pyridine rings is 1. The summed E-state index contributed by atoms with van der Waals surface area (Å²) in [5.41, 5.74) is 0.778. The predicted octanol–water partition coefficient (Wildman–Crippen LogP) is 3.01. The molecule has 1 aromatic heterocycles. The number of carbonyl (C=O) groups is 2. The van der Waals surface area contributed by atoms with Crippen LogP contribution in [0.4, 0.5) is 0 Å². The fourth-order valence-electron chi connectivity index (χ4n) is 2.91. The minimum Gasteiger partial charge on any atom is -0.481 e. The lowest BCUT2D eigenvalue weighted by Gasteiger charge is -2.33. The summed E-state index contributed by atoms with van der Waals surface area (Å²) in [5.74, 6) is -1.40. The number of hydrogen-bond acceptors (Lipinski definition) is 3. The summed E-state index contributed by atoms with van der Waals surface area (Å²) in [4.78, 5) is 29.8. The number of rotatable bonds is 4. The van der Waals surface area contributed by atoms with Gasteiger partial charge in [0, 0.05) is 29.8 Å². The molecule has 1 fully saturated rings. The second-order valence-corrected chi connectivity index (χ2v) is 6.22. The fraction of sp³-hybridized carbons (Fsp3) is 0.533. The Morgan fingerprint density at radius 1 is 1.52 bits per heavy atom. The minimum atomic E-state index is -0.851. The lowest BCUT2D eigenvalue weighted by Crippen LogP contribution is -2.39. The molecule has 1 saturated heterocycles. The molecule has 2 unspecified atom stereocenters. The molecular weight excluding hydrogens is 336 g/mol. The first-order valence-corrected chi connectivity index (χ1v) is 7.96. The van der Waals surface area contributed by atoms with Gasteiger partial charge in [-0.25, -0.2) is 0 Å². The summed E-state index contributed by atoms with van der Waals surface area (Å²) in [7, 11) is 0. The topological polar surface area (TPSA) is 70.5 Å². The maximum Gasteiger partial charge on any atom is 0.308 e. The zero-order valence-corrected chi connectivity index (χ0v) is 13.5. The predicted molar refractivity (Wildman–Crippen MR) is 81.7 cm³/mol. The summed E-state index contributed by atoms with van der Waals surface area (Å²) in [6, 6.07) is 1.41. The molecule has 1 amide bonds. The van der Waals surface area contributed by atoms with Crippen LogP contribution < -0.4 is 0 Å². The van der Waals surface area contributed by atoms with Crippen LogP contribution in [-0.2, 0) is 9.59 Å². The number of carboxylic acid groups (broad SMARTS) is 1. The van der Waals surface area contributed by atoms with E-state index in [0.29, 0.717) is 25.8 Å². The molecular formula is C15H19BrN2O3. The van der Waals surface area contributed by atoms with Gasteiger partial charge in [0.1, 0.15) is 0 Å². The first-order chi connectivity index (χ1) is 10.0. The Bertz CT molecular complexity index is 535. The molecule has 1 aliphatic heterocycles. The molecule has 21 heavy (non-hydrogen) atoms. The summed E-state index contributed by atoms with van der Waals surface area (Å²) >= 11 is 3.37. The third-order valence-electron chi connectivity index (χ3n) is 3.79. The van der Waals surface area contributed by atoms with Crippen LogP contribution in [-0.4, -0.2) is 33.4 Å². The molecule has 1 aliphatic rings. The van der Waals surface area contributed by atoms with Crippen LogP contribution >= 0.6 is 15.9 Å². The van der Waals surface area contributed by atoms with Gasteiger partial charge in [0.25, 0.3) is 0 Å². The van der Waals surface area contributed by atoms with E-state index in [-0.39, 0.29) is 5.91 Å². The molecule has 2 atom stereocenters. The molecule has 5 nitrogen and oxygen atoms in total. The molecule has 0 bridgehead atoms. The highest BCUT2D eigenvalue weighted by molar-refractivity contribution is 9.10. The fourth-order valence-corrected chi connectivity index (χ4v) is 3.30. The highest BCUT2D eigenvalue weighted by atomic mass is 79.9. The van der Waals surface area contributed by atoms with Crippen LogP contribution in [0.5, 0.6) is 0 Å². The lowest BCUT2D eigenvalue weighted by atomic mass is 9.90. The molecule has 1 N–H and O–H groups in total. The van der Waals surface area contributed by atoms with Crippen molar-refractivity contribution < 1.29 is 14.7 Å². The van der Waals surface area contributed by atoms with E-state index in [9.17, 15) is 14.7 Å². The Balaban J connectivity index is 2.47. The Morgan fingerprint density at radius 2 is 2.29 bits per heavy atom. The van der Waals surface area contributed by atoms with Crippen LogP contribution in [0.15, 0.2) is 22.9 Å². The quantitative estimate of drug-likeness (QED) is 0.901. The summed E-state index contributed by atoms with van der Waals surface area (Å²) in [5, 5.41) is 9.57. The Kier molecular flexibility index (Phi) is 5.33. The van der Waals surface area contributed by atoms with E-state index < -0.39 is 17.9 Å². The Morgan fingerprint density at radius 3 is 2.90 bits per heavy atom. The number of amides is 1. The number of halogens is 1. The Labute approximate surface area is 132 Å². The maximum atomic E-state index is 12.3. The van der Waals surface area contributed by atoms with Crippen molar-refractivity contribution in [3.05, 3.63) is 28.5 Å². The van der Waals surface area contributed by atoms with E-state index in [1.54, 1.807) is 17.3 Å². The second-order valence-electron chi connectivity index (χ2n) is 5.31. The monoisotopic (exact) mass is 354 g/mol. The zero-order valence-electron chi connectivity index (χ0n) is 12.0. The van der Waals surface area contributed by atoms with Gasteiger partial charge < -0.3 is 10.0 Å². The van der Waals surface area contributed by atoms with Crippen LogP contribution in [0.1, 0.15) is 44.2 Å². The standard InChI is InChI=1S/C15H19BrN2O3/c1-2-6-18-13(19)5-3-4-12(15(20)21)14(18)10-7-11(16)9-17-8-10/h7-9,12,14H,2-6H2,1H3,(H,20,21). The first-order valence-electron chi connectivity index (χ1n) is 7.17. The van der Waals surface area contributed by atoms with Gasteiger partial charge >= 0.3 is 5.97 Å². The molecule has 0 spiro atoms. The number of carbonyl (C=O) groups excluding carboxylic acids is 1. The summed E-state index contributed by atoms with van der Waals surface area (Å²) < 4.78 is 0.789. The van der Waals surface area contributed by atoms with Crippen molar-refractivity contribution in [2.75, 3.05) is 6.54 Å². The average molecular weight is 355 g/mol. The van der Waals surface area contributed by atoms with Crippen molar-refractivity contribution in [1.82, 2.24) is 9.88 Å². The van der Waals surface area contributed by atoms with Crippen molar-refractivity contribution in [3.8, 4) is 0 Å². The molecule has 2 rings (SSSR count). The van der Waals surface area contributed by atoms with Crippen LogP contribution in [0.3, 0.4) is 0 Å². The third kappa shape index (κ3) is 3.61. The number of likely N-dealkylation sites (tertiary alicyclic amines) is 1. The molecule has 0 saturated carbocycles. The van der Waals surface area contributed by atoms with Gasteiger partial charge in [-0.1, -0.05) is 6.92 Å². The van der Waals surface area contributed by atoms with E-state index >= 15 is 0 Å². The second kappa shape index (κ2) is 7.02. The number of nitrogens with zero attached hydrogens (tertiary/aromatic N) is 2. The van der Waals surface area contributed by atoms with Crippen molar-refractivity contribution in [2.45, 2.75) is 38.6 Å². The van der Waals surface area contributed by atoms with Crippen molar-refractivity contribution in [2.24, 2.45) is 5.92 Å².